The van der Waals surface area contributed by atoms with Gasteiger partial charge in [-0.15, -0.1) is 0 Å². The highest BCUT2D eigenvalue weighted by Crippen LogP contribution is 2.23. The van der Waals surface area contributed by atoms with Gasteiger partial charge in [-0.3, -0.25) is 0 Å². The minimum atomic E-state index is -0.442. The molecule has 0 atom stereocenters. The van der Waals surface area contributed by atoms with Gasteiger partial charge in [-0.1, -0.05) is 23.7 Å². The van der Waals surface area contributed by atoms with Crippen molar-refractivity contribution in [3.8, 4) is 11.5 Å². The van der Waals surface area contributed by atoms with Crippen LogP contribution in [-0.2, 0) is 11.3 Å². The van der Waals surface area contributed by atoms with Crippen LogP contribution in [0.15, 0.2) is 42.5 Å². The quantitative estimate of drug-likeness (QED) is 0.790. The van der Waals surface area contributed by atoms with Crippen molar-refractivity contribution in [2.24, 2.45) is 0 Å². The third kappa shape index (κ3) is 4.13. The Bertz CT molecular complexity index is 600. The number of methoxy groups -OCH3 is 2. The van der Waals surface area contributed by atoms with Crippen LogP contribution in [0.5, 0.6) is 11.5 Å². The van der Waals surface area contributed by atoms with Crippen molar-refractivity contribution >= 4 is 17.6 Å². The summed E-state index contributed by atoms with van der Waals surface area (Å²) >= 11 is 5.80. The Morgan fingerprint density at radius 1 is 1.00 bits per heavy atom. The van der Waals surface area contributed by atoms with Gasteiger partial charge in [0, 0.05) is 11.1 Å². The number of carbonyl (C=O) groups is 1. The zero-order valence-corrected chi connectivity index (χ0v) is 12.5. The zero-order chi connectivity index (χ0) is 15.2. The standard InChI is InChI=1S/C16H15ClO4/c1-19-14-7-12(8-15(9-14)20-2)16(18)21-10-11-3-5-13(17)6-4-11/h3-9H,10H2,1-2H3. The lowest BCUT2D eigenvalue weighted by atomic mass is 10.2. The molecule has 2 aromatic carbocycles. The van der Waals surface area contributed by atoms with E-state index in [1.54, 1.807) is 30.3 Å². The van der Waals surface area contributed by atoms with Crippen molar-refractivity contribution in [1.82, 2.24) is 0 Å². The van der Waals surface area contributed by atoms with E-state index in [0.29, 0.717) is 22.1 Å². The van der Waals surface area contributed by atoms with Gasteiger partial charge in [0.2, 0.25) is 0 Å². The monoisotopic (exact) mass is 306 g/mol. The SMILES string of the molecule is COc1cc(OC)cc(C(=O)OCc2ccc(Cl)cc2)c1. The van der Waals surface area contributed by atoms with Crippen molar-refractivity contribution in [2.75, 3.05) is 14.2 Å². The van der Waals surface area contributed by atoms with Gasteiger partial charge in [0.15, 0.2) is 0 Å². The highest BCUT2D eigenvalue weighted by molar-refractivity contribution is 6.30. The summed E-state index contributed by atoms with van der Waals surface area (Å²) in [5.74, 6) is 0.628. The molecule has 21 heavy (non-hydrogen) atoms. The maximum absolute atomic E-state index is 12.1. The molecule has 0 amide bonds. The minimum absolute atomic E-state index is 0.176. The second-order valence-electron chi connectivity index (χ2n) is 4.30. The van der Waals surface area contributed by atoms with Gasteiger partial charge < -0.3 is 14.2 Å². The number of ether oxygens (including phenoxy) is 3. The minimum Gasteiger partial charge on any atom is -0.497 e. The molecule has 2 aromatic rings. The molecule has 5 heteroatoms. The lowest BCUT2D eigenvalue weighted by molar-refractivity contribution is 0.0472. The summed E-state index contributed by atoms with van der Waals surface area (Å²) in [6.07, 6.45) is 0. The van der Waals surface area contributed by atoms with Gasteiger partial charge in [-0.2, -0.15) is 0 Å². The maximum atomic E-state index is 12.1. The summed E-state index contributed by atoms with van der Waals surface area (Å²) in [6, 6.07) is 12.0. The lowest BCUT2D eigenvalue weighted by Gasteiger charge is -2.09. The van der Waals surface area contributed by atoms with Gasteiger partial charge in [0.1, 0.15) is 18.1 Å². The van der Waals surface area contributed by atoms with Crippen LogP contribution >= 0.6 is 11.6 Å². The van der Waals surface area contributed by atoms with E-state index in [1.165, 1.54) is 14.2 Å². The predicted molar refractivity (Wildman–Crippen MR) is 80.1 cm³/mol. The molecule has 0 aliphatic heterocycles. The first-order valence-electron chi connectivity index (χ1n) is 6.27. The molecule has 0 unspecified atom stereocenters. The molecule has 2 rings (SSSR count). The molecule has 4 nitrogen and oxygen atoms in total. The highest BCUT2D eigenvalue weighted by Gasteiger charge is 2.11. The second-order valence-corrected chi connectivity index (χ2v) is 4.74. The second kappa shape index (κ2) is 6.99. The molecular weight excluding hydrogens is 292 g/mol. The third-order valence-corrected chi connectivity index (χ3v) is 3.12. The average Bonchev–Trinajstić information content (AvgIpc) is 2.53. The van der Waals surface area contributed by atoms with Gasteiger partial charge in [0.25, 0.3) is 0 Å². The Kier molecular flexibility index (Phi) is 5.06. The molecule has 0 aliphatic carbocycles. The molecule has 0 saturated carbocycles. The first-order valence-corrected chi connectivity index (χ1v) is 6.65. The number of hydrogen-bond donors (Lipinski definition) is 0. The summed E-state index contributed by atoms with van der Waals surface area (Å²) in [5.41, 5.74) is 1.24. The Labute approximate surface area is 128 Å². The smallest absolute Gasteiger partial charge is 0.338 e. The first kappa shape index (κ1) is 15.2. The topological polar surface area (TPSA) is 44.8 Å². The van der Waals surface area contributed by atoms with Gasteiger partial charge in [-0.25, -0.2) is 4.79 Å². The Morgan fingerprint density at radius 3 is 2.10 bits per heavy atom. The first-order chi connectivity index (χ1) is 10.1. The van der Waals surface area contributed by atoms with Crippen LogP contribution in [0.25, 0.3) is 0 Å². The highest BCUT2D eigenvalue weighted by atomic mass is 35.5. The summed E-state index contributed by atoms with van der Waals surface area (Å²) < 4.78 is 15.5. The molecular formula is C16H15ClO4. The van der Waals surface area contributed by atoms with Crippen LogP contribution in [0.3, 0.4) is 0 Å². The van der Waals surface area contributed by atoms with Crippen LogP contribution in [0, 0.1) is 0 Å². The van der Waals surface area contributed by atoms with Crippen LogP contribution in [0.1, 0.15) is 15.9 Å². The van der Waals surface area contributed by atoms with Crippen molar-refractivity contribution in [3.05, 3.63) is 58.6 Å². The van der Waals surface area contributed by atoms with Crippen molar-refractivity contribution in [1.29, 1.82) is 0 Å². The van der Waals surface area contributed by atoms with Gasteiger partial charge >= 0.3 is 5.97 Å². The molecule has 0 heterocycles. The molecule has 0 aliphatic rings. The Hall–Kier alpha value is -2.20. The molecule has 0 aromatic heterocycles. The van der Waals surface area contributed by atoms with E-state index < -0.39 is 5.97 Å². The van der Waals surface area contributed by atoms with E-state index in [9.17, 15) is 4.79 Å². The molecule has 0 saturated heterocycles. The average molecular weight is 307 g/mol. The summed E-state index contributed by atoms with van der Waals surface area (Å²) in [7, 11) is 3.05. The fourth-order valence-electron chi connectivity index (χ4n) is 1.74. The third-order valence-electron chi connectivity index (χ3n) is 2.87. The maximum Gasteiger partial charge on any atom is 0.338 e. The molecule has 0 spiro atoms. The number of benzene rings is 2. The fraction of sp³-hybridized carbons (Fsp3) is 0.188. The molecule has 0 radical (unpaired) electrons. The lowest BCUT2D eigenvalue weighted by Crippen LogP contribution is -2.06. The normalized spacial score (nSPS) is 10.0. The van der Waals surface area contributed by atoms with Crippen LogP contribution in [-0.4, -0.2) is 20.2 Å². The van der Waals surface area contributed by atoms with Gasteiger partial charge in [-0.05, 0) is 29.8 Å². The predicted octanol–water partition coefficient (Wildman–Crippen LogP) is 3.71. The van der Waals surface area contributed by atoms with E-state index in [1.807, 2.05) is 12.1 Å². The van der Waals surface area contributed by atoms with Crippen LogP contribution < -0.4 is 9.47 Å². The Balaban J connectivity index is 2.07. The summed E-state index contributed by atoms with van der Waals surface area (Å²) in [6.45, 7) is 0.176. The number of carbonyl (C=O) groups excluding carboxylic acids is 1. The fourth-order valence-corrected chi connectivity index (χ4v) is 1.86. The summed E-state index contributed by atoms with van der Waals surface area (Å²) in [4.78, 5) is 12.1. The van der Waals surface area contributed by atoms with Crippen LogP contribution in [0.4, 0.5) is 0 Å². The molecule has 0 fully saturated rings. The van der Waals surface area contributed by atoms with Crippen LogP contribution in [0.2, 0.25) is 5.02 Å². The number of esters is 1. The van der Waals surface area contributed by atoms with E-state index in [2.05, 4.69) is 0 Å². The molecule has 0 N–H and O–H groups in total. The summed E-state index contributed by atoms with van der Waals surface area (Å²) in [5, 5.41) is 0.641. The number of halogens is 1. The van der Waals surface area contributed by atoms with E-state index in [4.69, 9.17) is 25.8 Å². The molecule has 110 valence electrons. The van der Waals surface area contributed by atoms with E-state index in [0.717, 1.165) is 5.56 Å². The Morgan fingerprint density at radius 2 is 1.57 bits per heavy atom. The van der Waals surface area contributed by atoms with Crippen molar-refractivity contribution in [2.45, 2.75) is 6.61 Å². The largest absolute Gasteiger partial charge is 0.497 e. The van der Waals surface area contributed by atoms with Crippen molar-refractivity contribution < 1.29 is 19.0 Å². The zero-order valence-electron chi connectivity index (χ0n) is 11.8. The van der Waals surface area contributed by atoms with Crippen molar-refractivity contribution in [3.63, 3.8) is 0 Å². The van der Waals surface area contributed by atoms with E-state index >= 15 is 0 Å². The number of rotatable bonds is 5. The number of hydrogen-bond acceptors (Lipinski definition) is 4. The van der Waals surface area contributed by atoms with Gasteiger partial charge in [0.05, 0.1) is 19.8 Å². The molecule has 0 bridgehead atoms. The van der Waals surface area contributed by atoms with E-state index in [-0.39, 0.29) is 6.61 Å².